The van der Waals surface area contributed by atoms with Crippen molar-refractivity contribution in [2.75, 3.05) is 7.11 Å². The van der Waals surface area contributed by atoms with E-state index in [2.05, 4.69) is 14.5 Å². The molecule has 5 aromatic rings. The average Bonchev–Trinajstić information content (AvgIpc) is 3.74. The third-order valence-corrected chi connectivity index (χ3v) is 9.31. The van der Waals surface area contributed by atoms with E-state index in [4.69, 9.17) is 13.9 Å². The first-order valence-electron chi connectivity index (χ1n) is 13.8. The van der Waals surface area contributed by atoms with E-state index < -0.39 is 28.9 Å². The number of fused-ring (bicyclic) bond motifs is 2. The Kier molecular flexibility index (Phi) is 7.30. The Morgan fingerprint density at radius 3 is 2.74 bits per heavy atom. The number of carboxylic acid groups (broad SMARTS) is 1. The van der Waals surface area contributed by atoms with Gasteiger partial charge in [0.05, 0.1) is 42.8 Å². The summed E-state index contributed by atoms with van der Waals surface area (Å²) in [5, 5.41) is 10.3. The molecule has 6 rings (SSSR count). The third-order valence-electron chi connectivity index (χ3n) is 8.00. The Hall–Kier alpha value is -4.49. The summed E-state index contributed by atoms with van der Waals surface area (Å²) in [4.78, 5) is 50.1. The predicted molar refractivity (Wildman–Crippen MR) is 159 cm³/mol. The highest BCUT2D eigenvalue weighted by atomic mass is 32.1. The molecule has 0 fully saturated rings. The molecule has 13 heteroatoms. The van der Waals surface area contributed by atoms with Crippen LogP contribution < -0.4 is 16.0 Å². The number of aromatic nitrogens is 5. The van der Waals surface area contributed by atoms with Crippen LogP contribution in [0.3, 0.4) is 0 Å². The van der Waals surface area contributed by atoms with Crippen molar-refractivity contribution in [3.8, 4) is 16.5 Å². The number of carboxylic acids is 1. The normalized spacial score (nSPS) is 15.9. The van der Waals surface area contributed by atoms with Gasteiger partial charge >= 0.3 is 11.7 Å². The summed E-state index contributed by atoms with van der Waals surface area (Å²) >= 11 is 1.20. The van der Waals surface area contributed by atoms with Gasteiger partial charge in [-0.3, -0.25) is 9.36 Å². The summed E-state index contributed by atoms with van der Waals surface area (Å²) in [6, 6.07) is 7.42. The number of carbonyl (C=O) groups is 1. The number of hydrogen-bond donors (Lipinski definition) is 1. The van der Waals surface area contributed by atoms with E-state index in [-0.39, 0.29) is 18.0 Å². The van der Waals surface area contributed by atoms with Crippen molar-refractivity contribution >= 4 is 27.5 Å². The van der Waals surface area contributed by atoms with Crippen molar-refractivity contribution in [2.45, 2.75) is 64.4 Å². The number of nitrogens with zero attached hydrogens (tertiary/aromatic N) is 5. The van der Waals surface area contributed by atoms with Gasteiger partial charge in [0.15, 0.2) is 0 Å². The molecule has 2 atom stereocenters. The fraction of sp³-hybridized carbons (Fsp3) is 0.367. The molecule has 1 N–H and O–H groups in total. The van der Waals surface area contributed by atoms with E-state index in [9.17, 15) is 19.5 Å². The number of hydrogen-bond acceptors (Lipinski definition) is 9. The zero-order valence-electron chi connectivity index (χ0n) is 24.1. The highest BCUT2D eigenvalue weighted by Crippen LogP contribution is 2.38. The molecule has 0 spiro atoms. The lowest BCUT2D eigenvalue weighted by Gasteiger charge is -2.30. The largest absolute Gasteiger partial charge is 0.496 e. The number of methoxy groups -OCH3 is 1. The molecule has 5 heterocycles. The molecule has 1 aromatic carbocycles. The summed E-state index contributed by atoms with van der Waals surface area (Å²) < 4.78 is 22.3. The van der Waals surface area contributed by atoms with Crippen LogP contribution in [0.1, 0.15) is 43.3 Å². The van der Waals surface area contributed by atoms with Gasteiger partial charge in [0.25, 0.3) is 5.56 Å². The van der Waals surface area contributed by atoms with E-state index in [0.29, 0.717) is 33.5 Å². The third kappa shape index (κ3) is 4.87. The SMILES string of the molecule is COc1ccccc1C(Cn1c(=O)n(C(C)(C)C(=O)O)c(=O)c2c(C)c(-c3ncco3)sc21)OC1CCc2nccn2C1. The van der Waals surface area contributed by atoms with E-state index in [1.165, 1.54) is 42.2 Å². The Labute approximate surface area is 249 Å². The van der Waals surface area contributed by atoms with Gasteiger partial charge in [-0.25, -0.2) is 24.1 Å². The number of ether oxygens (including phenoxy) is 2. The fourth-order valence-electron chi connectivity index (χ4n) is 5.63. The Morgan fingerprint density at radius 2 is 2.02 bits per heavy atom. The smallest absolute Gasteiger partial charge is 0.333 e. The van der Waals surface area contributed by atoms with Crippen LogP contribution in [0, 0.1) is 6.92 Å². The van der Waals surface area contributed by atoms with E-state index in [0.717, 1.165) is 28.8 Å². The van der Waals surface area contributed by atoms with Gasteiger partial charge in [-0.15, -0.1) is 11.3 Å². The molecule has 0 bridgehead atoms. The molecular weight excluding hydrogens is 574 g/mol. The Bertz CT molecular complexity index is 1930. The quantitative estimate of drug-likeness (QED) is 0.264. The molecule has 2 unspecified atom stereocenters. The Balaban J connectivity index is 1.55. The lowest BCUT2D eigenvalue weighted by molar-refractivity contribution is -0.146. The first-order valence-corrected chi connectivity index (χ1v) is 14.6. The van der Waals surface area contributed by atoms with E-state index in [1.54, 1.807) is 20.2 Å². The van der Waals surface area contributed by atoms with Crippen LogP contribution in [0.15, 0.2) is 63.1 Å². The van der Waals surface area contributed by atoms with Crippen LogP contribution in [0.2, 0.25) is 0 Å². The number of rotatable bonds is 9. The zero-order chi connectivity index (χ0) is 30.5. The van der Waals surface area contributed by atoms with Gasteiger partial charge in [-0.2, -0.15) is 0 Å². The second kappa shape index (κ2) is 11.0. The van der Waals surface area contributed by atoms with Crippen LogP contribution in [0.4, 0.5) is 0 Å². The van der Waals surface area contributed by atoms with Crippen LogP contribution in [0.5, 0.6) is 5.75 Å². The van der Waals surface area contributed by atoms with Crippen LogP contribution in [-0.2, 0) is 34.6 Å². The molecule has 4 aromatic heterocycles. The molecule has 1 aliphatic heterocycles. The maximum atomic E-state index is 14.2. The first kappa shape index (κ1) is 28.6. The summed E-state index contributed by atoms with van der Waals surface area (Å²) in [7, 11) is 1.57. The van der Waals surface area contributed by atoms with Gasteiger partial charge < -0.3 is 23.6 Å². The number of thiophene rings is 1. The van der Waals surface area contributed by atoms with Crippen molar-refractivity contribution in [2.24, 2.45) is 0 Å². The molecule has 1 aliphatic rings. The average molecular weight is 606 g/mol. The minimum Gasteiger partial charge on any atom is -0.496 e. The number of para-hydroxylation sites is 1. The molecule has 0 radical (unpaired) electrons. The molecular formula is C30H31N5O7S. The molecule has 224 valence electrons. The van der Waals surface area contributed by atoms with Crippen molar-refractivity contribution in [3.05, 3.63) is 86.9 Å². The van der Waals surface area contributed by atoms with Crippen LogP contribution in [0.25, 0.3) is 21.0 Å². The molecule has 0 saturated heterocycles. The van der Waals surface area contributed by atoms with Crippen molar-refractivity contribution in [3.63, 3.8) is 0 Å². The van der Waals surface area contributed by atoms with Gasteiger partial charge in [0, 0.05) is 24.4 Å². The lowest BCUT2D eigenvalue weighted by Crippen LogP contribution is -2.52. The van der Waals surface area contributed by atoms with E-state index in [1.807, 2.05) is 30.5 Å². The van der Waals surface area contributed by atoms with E-state index >= 15 is 0 Å². The number of imidazole rings is 1. The van der Waals surface area contributed by atoms with Crippen LogP contribution >= 0.6 is 11.3 Å². The van der Waals surface area contributed by atoms with Gasteiger partial charge in [0.2, 0.25) is 5.89 Å². The molecule has 43 heavy (non-hydrogen) atoms. The standard InChI is InChI=1S/C30H31N5O7S/c1-17-23-26(36)35(30(2,3)28(37)38)29(39)34(27(23)43-24(17)25-32-12-14-41-25)16-21(19-7-5-6-8-20(19)40-4)42-18-9-10-22-31-11-13-33(22)15-18/h5-8,11-14,18,21H,9-10,15-16H2,1-4H3,(H,37,38). The van der Waals surface area contributed by atoms with Gasteiger partial charge in [-0.1, -0.05) is 18.2 Å². The molecule has 0 saturated carbocycles. The zero-order valence-corrected chi connectivity index (χ0v) is 25.0. The molecule has 0 amide bonds. The summed E-state index contributed by atoms with van der Waals surface area (Å²) in [5.74, 6) is 0.562. The maximum absolute atomic E-state index is 14.2. The van der Waals surface area contributed by atoms with Crippen molar-refractivity contribution in [1.29, 1.82) is 0 Å². The topological polar surface area (TPSA) is 144 Å². The monoisotopic (exact) mass is 605 g/mol. The fourth-order valence-corrected chi connectivity index (χ4v) is 6.87. The van der Waals surface area contributed by atoms with Crippen molar-refractivity contribution < 1.29 is 23.8 Å². The predicted octanol–water partition coefficient (Wildman–Crippen LogP) is 3.99. The number of benzene rings is 1. The minimum absolute atomic E-state index is 0.00997. The summed E-state index contributed by atoms with van der Waals surface area (Å²) in [5.41, 5.74) is -2.01. The first-order chi connectivity index (χ1) is 20.6. The van der Waals surface area contributed by atoms with Gasteiger partial charge in [-0.05, 0) is 38.8 Å². The number of aliphatic carboxylic acids is 1. The summed E-state index contributed by atoms with van der Waals surface area (Å²) in [6.07, 6.45) is 7.20. The number of aryl methyl sites for hydroxylation is 2. The van der Waals surface area contributed by atoms with Gasteiger partial charge in [0.1, 0.15) is 34.3 Å². The summed E-state index contributed by atoms with van der Waals surface area (Å²) in [6.45, 7) is 4.99. The molecule has 12 nitrogen and oxygen atoms in total. The Morgan fingerprint density at radius 1 is 1.23 bits per heavy atom. The maximum Gasteiger partial charge on any atom is 0.333 e. The molecule has 0 aliphatic carbocycles. The number of oxazole rings is 1. The highest BCUT2D eigenvalue weighted by molar-refractivity contribution is 7.22. The van der Waals surface area contributed by atoms with Crippen molar-refractivity contribution in [1.82, 2.24) is 23.7 Å². The second-order valence-corrected chi connectivity index (χ2v) is 12.0. The minimum atomic E-state index is -1.83. The lowest BCUT2D eigenvalue weighted by atomic mass is 10.0. The second-order valence-electron chi connectivity index (χ2n) is 11.0. The highest BCUT2D eigenvalue weighted by Gasteiger charge is 2.36. The van der Waals surface area contributed by atoms with Crippen LogP contribution in [-0.4, -0.2) is 48.0 Å².